The first-order valence-electron chi connectivity index (χ1n) is 8.23. The van der Waals surface area contributed by atoms with E-state index < -0.39 is 11.7 Å². The number of anilines is 1. The monoisotopic (exact) mass is 362 g/mol. The lowest BCUT2D eigenvalue weighted by atomic mass is 10.1. The summed E-state index contributed by atoms with van der Waals surface area (Å²) in [6.07, 6.45) is -2.03. The number of alkyl halides is 3. The van der Waals surface area contributed by atoms with Crippen LogP contribution in [0.4, 0.5) is 19.0 Å². The molecule has 6 nitrogen and oxygen atoms in total. The van der Waals surface area contributed by atoms with Crippen LogP contribution in [0, 0.1) is 0 Å². The second kappa shape index (κ2) is 6.24. The molecule has 0 atom stereocenters. The molecule has 1 aromatic carbocycles. The minimum Gasteiger partial charge on any atom is -0.363 e. The molecule has 0 fully saturated rings. The number of nitrogens with zero attached hydrogens (tertiary/aromatic N) is 4. The van der Waals surface area contributed by atoms with Gasteiger partial charge in [-0.15, -0.1) is 0 Å². The Morgan fingerprint density at radius 1 is 1.27 bits per heavy atom. The van der Waals surface area contributed by atoms with Gasteiger partial charge in [0.2, 0.25) is 0 Å². The lowest BCUT2D eigenvalue weighted by molar-refractivity contribution is -0.137. The van der Waals surface area contributed by atoms with Gasteiger partial charge in [-0.1, -0.05) is 0 Å². The Labute approximate surface area is 147 Å². The molecule has 4 rings (SSSR count). The lowest BCUT2D eigenvalue weighted by Crippen LogP contribution is -2.26. The van der Waals surface area contributed by atoms with Gasteiger partial charge in [-0.2, -0.15) is 13.2 Å². The molecule has 26 heavy (non-hydrogen) atoms. The second-order valence-electron chi connectivity index (χ2n) is 6.22. The summed E-state index contributed by atoms with van der Waals surface area (Å²) in [6.45, 7) is 1.93. The Morgan fingerprint density at radius 3 is 2.92 bits per heavy atom. The zero-order valence-corrected chi connectivity index (χ0v) is 14.1. The molecule has 9 heteroatoms. The summed E-state index contributed by atoms with van der Waals surface area (Å²) in [5.41, 5.74) is 2.33. The predicted octanol–water partition coefficient (Wildman–Crippen LogP) is 2.64. The Kier molecular flexibility index (Phi) is 4.03. The van der Waals surface area contributed by atoms with Gasteiger partial charge in [0, 0.05) is 19.2 Å². The molecule has 1 aliphatic rings. The fourth-order valence-corrected chi connectivity index (χ4v) is 3.18. The van der Waals surface area contributed by atoms with Gasteiger partial charge in [0.05, 0.1) is 28.8 Å². The Balaban J connectivity index is 1.61. The second-order valence-corrected chi connectivity index (χ2v) is 6.22. The number of benzene rings is 1. The maximum atomic E-state index is 12.9. The molecule has 1 aliphatic heterocycles. The summed E-state index contributed by atoms with van der Waals surface area (Å²) in [5.74, 6) is 1.39. The number of aryl methyl sites for hydroxylation is 1. The van der Waals surface area contributed by atoms with E-state index in [2.05, 4.69) is 25.6 Å². The van der Waals surface area contributed by atoms with Gasteiger partial charge >= 0.3 is 6.18 Å². The van der Waals surface area contributed by atoms with Crippen LogP contribution in [0.2, 0.25) is 0 Å². The third-order valence-electron chi connectivity index (χ3n) is 4.59. The van der Waals surface area contributed by atoms with E-state index in [0.29, 0.717) is 29.9 Å². The van der Waals surface area contributed by atoms with Crippen LogP contribution in [0.15, 0.2) is 24.5 Å². The van der Waals surface area contributed by atoms with Gasteiger partial charge < -0.3 is 15.2 Å². The van der Waals surface area contributed by atoms with Crippen molar-refractivity contribution in [3.05, 3.63) is 47.2 Å². The van der Waals surface area contributed by atoms with Crippen molar-refractivity contribution in [3.63, 3.8) is 0 Å². The molecular weight excluding hydrogens is 345 g/mol. The van der Waals surface area contributed by atoms with Crippen LogP contribution in [0.25, 0.3) is 11.0 Å². The Bertz CT molecular complexity index is 963. The zero-order valence-electron chi connectivity index (χ0n) is 14.1. The highest BCUT2D eigenvalue weighted by atomic mass is 19.4. The third kappa shape index (κ3) is 2.98. The first-order valence-corrected chi connectivity index (χ1v) is 8.23. The molecule has 0 amide bonds. The van der Waals surface area contributed by atoms with E-state index in [1.165, 1.54) is 12.4 Å². The average Bonchev–Trinajstić information content (AvgIpc) is 2.94. The normalized spacial score (nSPS) is 14.5. The van der Waals surface area contributed by atoms with E-state index in [-0.39, 0.29) is 0 Å². The average molecular weight is 362 g/mol. The Morgan fingerprint density at radius 2 is 2.12 bits per heavy atom. The fraction of sp³-hybridized carbons (Fsp3) is 0.353. The number of hydrogen-bond acceptors (Lipinski definition) is 5. The summed E-state index contributed by atoms with van der Waals surface area (Å²) in [7, 11) is 1.79. The highest BCUT2D eigenvalue weighted by Crippen LogP contribution is 2.31. The zero-order chi connectivity index (χ0) is 18.3. The number of nitrogens with one attached hydrogen (secondary N) is 2. The molecular formula is C17H17F3N6. The van der Waals surface area contributed by atoms with E-state index in [1.54, 1.807) is 11.6 Å². The lowest BCUT2D eigenvalue weighted by Gasteiger charge is -2.18. The van der Waals surface area contributed by atoms with Crippen molar-refractivity contribution < 1.29 is 13.2 Å². The number of hydrogen-bond donors (Lipinski definition) is 2. The van der Waals surface area contributed by atoms with Gasteiger partial charge in [-0.05, 0) is 31.2 Å². The van der Waals surface area contributed by atoms with E-state index in [4.69, 9.17) is 0 Å². The van der Waals surface area contributed by atoms with Gasteiger partial charge in [0.15, 0.2) is 0 Å². The van der Waals surface area contributed by atoms with Crippen molar-refractivity contribution in [2.45, 2.75) is 25.7 Å². The molecule has 3 heterocycles. The highest BCUT2D eigenvalue weighted by Gasteiger charge is 2.31. The molecule has 0 bridgehead atoms. The topological polar surface area (TPSA) is 67.7 Å². The molecule has 2 N–H and O–H groups in total. The van der Waals surface area contributed by atoms with E-state index >= 15 is 0 Å². The van der Waals surface area contributed by atoms with Crippen LogP contribution in [0.5, 0.6) is 0 Å². The summed E-state index contributed by atoms with van der Waals surface area (Å²) in [6, 6.07) is 3.61. The maximum absolute atomic E-state index is 12.9. The molecule has 0 radical (unpaired) electrons. The molecule has 0 saturated heterocycles. The molecule has 0 aliphatic carbocycles. The maximum Gasteiger partial charge on any atom is 0.416 e. The van der Waals surface area contributed by atoms with Crippen LogP contribution in [-0.4, -0.2) is 26.1 Å². The van der Waals surface area contributed by atoms with E-state index in [0.717, 1.165) is 42.2 Å². The van der Waals surface area contributed by atoms with Crippen molar-refractivity contribution in [1.82, 2.24) is 24.8 Å². The van der Waals surface area contributed by atoms with Gasteiger partial charge in [0.1, 0.15) is 18.0 Å². The first-order chi connectivity index (χ1) is 12.4. The van der Waals surface area contributed by atoms with Crippen LogP contribution >= 0.6 is 0 Å². The minimum absolute atomic E-state index is 0.327. The van der Waals surface area contributed by atoms with Crippen LogP contribution in [0.1, 0.15) is 22.6 Å². The SMILES string of the molecule is Cn1c(CNc2ncnc3c2CCNC3)nc2cc(C(F)(F)F)ccc21. The van der Waals surface area contributed by atoms with Crippen LogP contribution < -0.4 is 10.6 Å². The number of aromatic nitrogens is 4. The first kappa shape index (κ1) is 16.8. The predicted molar refractivity (Wildman–Crippen MR) is 90.5 cm³/mol. The standard InChI is InChI=1S/C17H17F3N6/c1-26-14-3-2-10(17(18,19)20)6-12(14)25-15(26)8-22-16-11-4-5-21-7-13(11)23-9-24-16/h2-3,6,9,21H,4-5,7-8H2,1H3,(H,22,23,24). The summed E-state index contributed by atoms with van der Waals surface area (Å²) >= 11 is 0. The van der Waals surface area contributed by atoms with E-state index in [1.807, 2.05) is 0 Å². The fourth-order valence-electron chi connectivity index (χ4n) is 3.18. The molecule has 136 valence electrons. The van der Waals surface area contributed by atoms with Crippen LogP contribution in [0.3, 0.4) is 0 Å². The van der Waals surface area contributed by atoms with Gasteiger partial charge in [-0.3, -0.25) is 0 Å². The summed E-state index contributed by atoms with van der Waals surface area (Å²) in [5, 5.41) is 6.51. The molecule has 3 aromatic rings. The number of halogens is 3. The van der Waals surface area contributed by atoms with Crippen molar-refractivity contribution >= 4 is 16.9 Å². The van der Waals surface area contributed by atoms with Gasteiger partial charge in [-0.25, -0.2) is 15.0 Å². The quantitative estimate of drug-likeness (QED) is 0.750. The third-order valence-corrected chi connectivity index (χ3v) is 4.59. The highest BCUT2D eigenvalue weighted by molar-refractivity contribution is 5.77. The van der Waals surface area contributed by atoms with Gasteiger partial charge in [0.25, 0.3) is 0 Å². The summed E-state index contributed by atoms with van der Waals surface area (Å²) in [4.78, 5) is 12.9. The van der Waals surface area contributed by atoms with Crippen molar-refractivity contribution in [3.8, 4) is 0 Å². The van der Waals surface area contributed by atoms with Crippen molar-refractivity contribution in [1.29, 1.82) is 0 Å². The molecule has 2 aromatic heterocycles. The number of rotatable bonds is 3. The number of imidazole rings is 1. The molecule has 0 spiro atoms. The Hall–Kier alpha value is -2.68. The molecule has 0 unspecified atom stereocenters. The van der Waals surface area contributed by atoms with Crippen LogP contribution in [-0.2, 0) is 32.7 Å². The smallest absolute Gasteiger partial charge is 0.363 e. The number of fused-ring (bicyclic) bond motifs is 2. The van der Waals surface area contributed by atoms with Crippen molar-refractivity contribution in [2.75, 3.05) is 11.9 Å². The minimum atomic E-state index is -4.38. The summed E-state index contributed by atoms with van der Waals surface area (Å²) < 4.78 is 40.4. The van der Waals surface area contributed by atoms with E-state index in [9.17, 15) is 13.2 Å². The van der Waals surface area contributed by atoms with Crippen molar-refractivity contribution in [2.24, 2.45) is 7.05 Å². The molecule has 0 saturated carbocycles. The largest absolute Gasteiger partial charge is 0.416 e.